The van der Waals surface area contributed by atoms with Crippen molar-refractivity contribution in [2.24, 2.45) is 7.05 Å². The third kappa shape index (κ3) is 4.93. The topological polar surface area (TPSA) is 46.9 Å². The predicted octanol–water partition coefficient (Wildman–Crippen LogP) is 4.60. The summed E-state index contributed by atoms with van der Waals surface area (Å²) in [6.07, 6.45) is 3.22. The van der Waals surface area contributed by atoms with E-state index in [2.05, 4.69) is 52.9 Å². The molecular formula is C21H22ClN3OS. The molecular weight excluding hydrogens is 378 g/mol. The van der Waals surface area contributed by atoms with Gasteiger partial charge >= 0.3 is 0 Å². The highest BCUT2D eigenvalue weighted by atomic mass is 35.5. The molecule has 0 unspecified atom stereocenters. The number of hydrogen-bond acceptors (Lipinski definition) is 3. The van der Waals surface area contributed by atoms with Crippen LogP contribution in [0.1, 0.15) is 16.8 Å². The molecule has 0 radical (unpaired) electrons. The highest BCUT2D eigenvalue weighted by Crippen LogP contribution is 2.22. The molecule has 4 nitrogen and oxygen atoms in total. The summed E-state index contributed by atoms with van der Waals surface area (Å²) < 4.78 is 1.60. The van der Waals surface area contributed by atoms with Crippen LogP contribution in [-0.2, 0) is 17.6 Å². The molecule has 0 atom stereocenters. The monoisotopic (exact) mass is 399 g/mol. The lowest BCUT2D eigenvalue weighted by Gasteiger charge is -2.07. The predicted molar refractivity (Wildman–Crippen MR) is 115 cm³/mol. The van der Waals surface area contributed by atoms with E-state index in [0.29, 0.717) is 11.7 Å². The van der Waals surface area contributed by atoms with Crippen LogP contribution in [0.25, 0.3) is 16.8 Å². The van der Waals surface area contributed by atoms with Crippen LogP contribution in [0.2, 0.25) is 5.15 Å². The Morgan fingerprint density at radius 1 is 1.26 bits per heavy atom. The Labute approximate surface area is 168 Å². The summed E-state index contributed by atoms with van der Waals surface area (Å²) in [5.74, 6) is 1.66. The number of aryl methyl sites for hydroxylation is 2. The Bertz CT molecular complexity index is 975. The molecule has 27 heavy (non-hydrogen) atoms. The normalized spacial score (nSPS) is 11.4. The molecule has 140 valence electrons. The molecule has 0 saturated carbocycles. The van der Waals surface area contributed by atoms with Crippen LogP contribution in [0.5, 0.6) is 0 Å². The fourth-order valence-corrected chi connectivity index (χ4v) is 4.00. The minimum absolute atomic E-state index is 0.125. The van der Waals surface area contributed by atoms with Crippen molar-refractivity contribution < 1.29 is 4.79 Å². The number of amides is 1. The lowest BCUT2D eigenvalue weighted by molar-refractivity contribution is -0.116. The molecule has 0 bridgehead atoms. The Morgan fingerprint density at radius 3 is 2.81 bits per heavy atom. The second kappa shape index (κ2) is 9.11. The molecule has 3 aromatic rings. The van der Waals surface area contributed by atoms with Crippen LogP contribution < -0.4 is 5.32 Å². The smallest absolute Gasteiger partial charge is 0.244 e. The Kier molecular flexibility index (Phi) is 6.58. The quantitative estimate of drug-likeness (QED) is 0.466. The maximum Gasteiger partial charge on any atom is 0.244 e. The number of rotatable bonds is 7. The van der Waals surface area contributed by atoms with Crippen molar-refractivity contribution in [3.63, 3.8) is 0 Å². The summed E-state index contributed by atoms with van der Waals surface area (Å²) in [6.45, 7) is 2.49. The van der Waals surface area contributed by atoms with Gasteiger partial charge < -0.3 is 5.32 Å². The molecule has 1 heterocycles. The molecule has 2 aromatic carbocycles. The van der Waals surface area contributed by atoms with Crippen molar-refractivity contribution in [2.75, 3.05) is 12.3 Å². The third-order valence-corrected chi connectivity index (χ3v) is 5.74. The molecule has 0 aliphatic rings. The fourth-order valence-electron chi connectivity index (χ4n) is 2.90. The first-order valence-corrected chi connectivity index (χ1v) is 10.3. The Morgan fingerprint density at radius 2 is 2.04 bits per heavy atom. The van der Waals surface area contributed by atoms with Gasteiger partial charge in [0, 0.05) is 36.7 Å². The second-order valence-corrected chi connectivity index (χ2v) is 7.69. The van der Waals surface area contributed by atoms with E-state index in [1.54, 1.807) is 17.8 Å². The highest BCUT2D eigenvalue weighted by Gasteiger charge is 2.08. The van der Waals surface area contributed by atoms with Gasteiger partial charge in [0.15, 0.2) is 0 Å². The summed E-state index contributed by atoms with van der Waals surface area (Å²) >= 11 is 7.97. The minimum atomic E-state index is -0.125. The zero-order chi connectivity index (χ0) is 19.2. The summed E-state index contributed by atoms with van der Waals surface area (Å²) in [7, 11) is 1.78. The number of nitrogens with one attached hydrogen (secondary N) is 1. The first-order valence-electron chi connectivity index (χ1n) is 8.75. The van der Waals surface area contributed by atoms with Crippen molar-refractivity contribution in [3.8, 4) is 0 Å². The van der Waals surface area contributed by atoms with E-state index in [0.717, 1.165) is 22.8 Å². The van der Waals surface area contributed by atoms with Gasteiger partial charge in [-0.1, -0.05) is 54.1 Å². The van der Waals surface area contributed by atoms with E-state index >= 15 is 0 Å². The van der Waals surface area contributed by atoms with Crippen LogP contribution >= 0.6 is 23.4 Å². The van der Waals surface area contributed by atoms with Crippen molar-refractivity contribution in [2.45, 2.75) is 12.7 Å². The molecule has 0 saturated heterocycles. The SMILES string of the molecule is Cc1nn(C)c(Cl)c1/C=C/C(=O)NCCSCc1cccc2ccccc12. The molecule has 1 aromatic heterocycles. The second-order valence-electron chi connectivity index (χ2n) is 6.23. The summed E-state index contributed by atoms with van der Waals surface area (Å²) in [6, 6.07) is 14.8. The number of hydrogen-bond donors (Lipinski definition) is 1. The third-order valence-electron chi connectivity index (χ3n) is 4.28. The minimum Gasteiger partial charge on any atom is -0.352 e. The van der Waals surface area contributed by atoms with E-state index in [-0.39, 0.29) is 5.91 Å². The first kappa shape index (κ1) is 19.5. The Balaban J connectivity index is 1.45. The number of thioether (sulfide) groups is 1. The van der Waals surface area contributed by atoms with Crippen LogP contribution in [0.3, 0.4) is 0 Å². The highest BCUT2D eigenvalue weighted by molar-refractivity contribution is 7.98. The van der Waals surface area contributed by atoms with E-state index in [1.165, 1.54) is 22.4 Å². The number of nitrogens with zero attached hydrogens (tertiary/aromatic N) is 2. The summed E-state index contributed by atoms with van der Waals surface area (Å²) in [4.78, 5) is 12.0. The van der Waals surface area contributed by atoms with Crippen molar-refractivity contribution >= 4 is 46.1 Å². The van der Waals surface area contributed by atoms with Crippen molar-refractivity contribution in [3.05, 3.63) is 70.5 Å². The van der Waals surface area contributed by atoms with E-state index < -0.39 is 0 Å². The fraction of sp³-hybridized carbons (Fsp3) is 0.238. The summed E-state index contributed by atoms with van der Waals surface area (Å²) in [5.41, 5.74) is 2.91. The van der Waals surface area contributed by atoms with E-state index in [4.69, 9.17) is 11.6 Å². The number of benzene rings is 2. The maximum absolute atomic E-state index is 12.0. The lowest BCUT2D eigenvalue weighted by Crippen LogP contribution is -2.23. The zero-order valence-corrected chi connectivity index (χ0v) is 17.0. The summed E-state index contributed by atoms with van der Waals surface area (Å²) in [5, 5.41) is 10.2. The zero-order valence-electron chi connectivity index (χ0n) is 15.4. The average molecular weight is 400 g/mol. The lowest BCUT2D eigenvalue weighted by atomic mass is 10.1. The molecule has 6 heteroatoms. The molecule has 0 fully saturated rings. The first-order chi connectivity index (χ1) is 13.1. The van der Waals surface area contributed by atoms with Gasteiger partial charge in [-0.15, -0.1) is 0 Å². The van der Waals surface area contributed by atoms with Gasteiger partial charge in [-0.05, 0) is 29.3 Å². The number of carbonyl (C=O) groups is 1. The van der Waals surface area contributed by atoms with E-state index in [1.807, 2.05) is 18.7 Å². The standard InChI is InChI=1S/C21H22ClN3OS/c1-15-18(21(22)25(2)24-15)10-11-20(26)23-12-13-27-14-17-8-5-7-16-6-3-4-9-19(16)17/h3-11H,12-14H2,1-2H3,(H,23,26)/b11-10+. The number of halogens is 1. The Hall–Kier alpha value is -2.24. The van der Waals surface area contributed by atoms with Crippen LogP contribution in [-0.4, -0.2) is 28.0 Å². The van der Waals surface area contributed by atoms with Crippen molar-refractivity contribution in [1.82, 2.24) is 15.1 Å². The molecule has 0 aliphatic carbocycles. The van der Waals surface area contributed by atoms with Crippen LogP contribution in [0.15, 0.2) is 48.5 Å². The molecule has 0 aliphatic heterocycles. The van der Waals surface area contributed by atoms with Gasteiger partial charge in [-0.3, -0.25) is 9.48 Å². The van der Waals surface area contributed by atoms with Gasteiger partial charge in [0.1, 0.15) is 5.15 Å². The van der Waals surface area contributed by atoms with Gasteiger partial charge in [0.25, 0.3) is 0 Å². The average Bonchev–Trinajstić information content (AvgIpc) is 2.91. The van der Waals surface area contributed by atoms with Gasteiger partial charge in [-0.2, -0.15) is 16.9 Å². The molecule has 1 N–H and O–H groups in total. The maximum atomic E-state index is 12.0. The largest absolute Gasteiger partial charge is 0.352 e. The molecule has 3 rings (SSSR count). The number of fused-ring (bicyclic) bond motifs is 1. The van der Waals surface area contributed by atoms with Gasteiger partial charge in [-0.25, -0.2) is 0 Å². The van der Waals surface area contributed by atoms with Gasteiger partial charge in [0.05, 0.1) is 5.69 Å². The van der Waals surface area contributed by atoms with Crippen LogP contribution in [0.4, 0.5) is 0 Å². The van der Waals surface area contributed by atoms with Crippen LogP contribution in [0, 0.1) is 6.92 Å². The van der Waals surface area contributed by atoms with Gasteiger partial charge in [0.2, 0.25) is 5.91 Å². The van der Waals surface area contributed by atoms with E-state index in [9.17, 15) is 4.79 Å². The molecule has 0 spiro atoms. The van der Waals surface area contributed by atoms with Crippen molar-refractivity contribution in [1.29, 1.82) is 0 Å². The number of aromatic nitrogens is 2. The number of carbonyl (C=O) groups excluding carboxylic acids is 1. The molecule has 1 amide bonds.